The summed E-state index contributed by atoms with van der Waals surface area (Å²) >= 11 is 3.18. The quantitative estimate of drug-likeness (QED) is 0.909. The van der Waals surface area contributed by atoms with E-state index < -0.39 is 11.7 Å². The lowest BCUT2D eigenvalue weighted by Gasteiger charge is -2.09. The van der Waals surface area contributed by atoms with Crippen LogP contribution in [0.25, 0.3) is 0 Å². The highest BCUT2D eigenvalue weighted by Gasteiger charge is 2.29. The van der Waals surface area contributed by atoms with Gasteiger partial charge in [0.1, 0.15) is 4.60 Å². The number of anilines is 2. The maximum absolute atomic E-state index is 12.4. The molecule has 94 valence electrons. The van der Waals surface area contributed by atoms with E-state index in [0.29, 0.717) is 16.1 Å². The van der Waals surface area contributed by atoms with Crippen molar-refractivity contribution in [1.29, 1.82) is 0 Å². The summed E-state index contributed by atoms with van der Waals surface area (Å²) in [6.07, 6.45) is -1.34. The molecule has 7 heteroatoms. The van der Waals surface area contributed by atoms with Crippen LogP contribution < -0.4 is 5.32 Å². The van der Waals surface area contributed by atoms with E-state index in [1.165, 1.54) is 24.5 Å². The first-order valence-electron chi connectivity index (χ1n) is 4.87. The summed E-state index contributed by atoms with van der Waals surface area (Å²) in [5.74, 6) is 0.442. The minimum atomic E-state index is -4.33. The molecule has 0 fully saturated rings. The van der Waals surface area contributed by atoms with Gasteiger partial charge in [-0.2, -0.15) is 13.2 Å². The standard InChI is InChI=1S/C11H7BrF3N3/c12-9-10(17-6-5-16-9)18-8-3-1-7(2-4-8)11(13,14)15/h1-6H,(H,17,18). The van der Waals surface area contributed by atoms with Gasteiger partial charge < -0.3 is 5.32 Å². The Morgan fingerprint density at radius 1 is 1.00 bits per heavy atom. The zero-order valence-electron chi connectivity index (χ0n) is 8.87. The van der Waals surface area contributed by atoms with Crippen molar-refractivity contribution < 1.29 is 13.2 Å². The lowest BCUT2D eigenvalue weighted by atomic mass is 10.2. The van der Waals surface area contributed by atoms with Crippen LogP contribution in [0.5, 0.6) is 0 Å². The molecule has 3 nitrogen and oxygen atoms in total. The Morgan fingerprint density at radius 2 is 1.61 bits per heavy atom. The second kappa shape index (κ2) is 4.93. The molecule has 18 heavy (non-hydrogen) atoms. The third kappa shape index (κ3) is 2.98. The van der Waals surface area contributed by atoms with Crippen molar-refractivity contribution in [2.24, 2.45) is 0 Å². The largest absolute Gasteiger partial charge is 0.416 e. The minimum absolute atomic E-state index is 0.442. The van der Waals surface area contributed by atoms with Crippen molar-refractivity contribution in [1.82, 2.24) is 9.97 Å². The molecule has 0 saturated carbocycles. The van der Waals surface area contributed by atoms with E-state index in [0.717, 1.165) is 12.1 Å². The maximum atomic E-state index is 12.4. The summed E-state index contributed by atoms with van der Waals surface area (Å²) in [6, 6.07) is 4.69. The molecule has 0 aliphatic heterocycles. The summed E-state index contributed by atoms with van der Waals surface area (Å²) in [5, 5.41) is 2.86. The minimum Gasteiger partial charge on any atom is -0.338 e. The zero-order chi connectivity index (χ0) is 13.2. The number of alkyl halides is 3. The van der Waals surface area contributed by atoms with Gasteiger partial charge in [0.05, 0.1) is 5.56 Å². The summed E-state index contributed by atoms with van der Waals surface area (Å²) < 4.78 is 37.6. The molecule has 0 radical (unpaired) electrons. The van der Waals surface area contributed by atoms with Crippen LogP contribution >= 0.6 is 15.9 Å². The van der Waals surface area contributed by atoms with E-state index in [2.05, 4.69) is 31.2 Å². The molecular weight excluding hydrogens is 311 g/mol. The van der Waals surface area contributed by atoms with Crippen LogP contribution in [0.1, 0.15) is 5.56 Å². The molecule has 1 aromatic carbocycles. The fourth-order valence-corrected chi connectivity index (χ4v) is 1.60. The highest BCUT2D eigenvalue weighted by molar-refractivity contribution is 9.10. The Labute approximate surface area is 109 Å². The third-order valence-corrected chi connectivity index (χ3v) is 2.71. The maximum Gasteiger partial charge on any atom is 0.416 e. The average molecular weight is 318 g/mol. The number of rotatable bonds is 2. The van der Waals surface area contributed by atoms with Gasteiger partial charge in [0, 0.05) is 18.1 Å². The van der Waals surface area contributed by atoms with Crippen LogP contribution in [0.2, 0.25) is 0 Å². The van der Waals surface area contributed by atoms with Crippen molar-refractivity contribution in [2.75, 3.05) is 5.32 Å². The van der Waals surface area contributed by atoms with Crippen LogP contribution in [0.3, 0.4) is 0 Å². The normalized spacial score (nSPS) is 11.3. The number of nitrogens with one attached hydrogen (secondary N) is 1. The predicted octanol–water partition coefficient (Wildman–Crippen LogP) is 4.00. The third-order valence-electron chi connectivity index (χ3n) is 2.13. The Kier molecular flexibility index (Phi) is 3.51. The molecule has 2 rings (SSSR count). The molecule has 1 aromatic heterocycles. The smallest absolute Gasteiger partial charge is 0.338 e. The fourth-order valence-electron chi connectivity index (χ4n) is 1.28. The number of nitrogens with zero attached hydrogens (tertiary/aromatic N) is 2. The predicted molar refractivity (Wildman–Crippen MR) is 64.5 cm³/mol. The first-order chi connectivity index (χ1) is 8.47. The molecule has 0 saturated heterocycles. The van der Waals surface area contributed by atoms with E-state index in [1.807, 2.05) is 0 Å². The number of halogens is 4. The second-order valence-corrected chi connectivity index (χ2v) is 4.15. The molecule has 2 aromatic rings. The van der Waals surface area contributed by atoms with Gasteiger partial charge in [-0.05, 0) is 40.2 Å². The molecule has 1 heterocycles. The van der Waals surface area contributed by atoms with Gasteiger partial charge in [0.25, 0.3) is 0 Å². The van der Waals surface area contributed by atoms with Gasteiger partial charge in [0.15, 0.2) is 5.82 Å². The molecular formula is C11H7BrF3N3. The molecule has 0 bridgehead atoms. The van der Waals surface area contributed by atoms with Gasteiger partial charge >= 0.3 is 6.18 Å². The van der Waals surface area contributed by atoms with Crippen molar-refractivity contribution in [3.63, 3.8) is 0 Å². The average Bonchev–Trinajstić information content (AvgIpc) is 2.32. The molecule has 1 N–H and O–H groups in total. The number of benzene rings is 1. The van der Waals surface area contributed by atoms with Crippen LogP contribution in [0.15, 0.2) is 41.3 Å². The van der Waals surface area contributed by atoms with E-state index in [9.17, 15) is 13.2 Å². The van der Waals surface area contributed by atoms with Crippen LogP contribution in [-0.4, -0.2) is 9.97 Å². The van der Waals surface area contributed by atoms with Gasteiger partial charge in [0.2, 0.25) is 0 Å². The summed E-state index contributed by atoms with van der Waals surface area (Å²) in [5.41, 5.74) is -0.185. The molecule has 0 aliphatic rings. The summed E-state index contributed by atoms with van der Waals surface area (Å²) in [6.45, 7) is 0. The Balaban J connectivity index is 2.19. The van der Waals surface area contributed by atoms with Crippen molar-refractivity contribution >= 4 is 27.4 Å². The lowest BCUT2D eigenvalue weighted by molar-refractivity contribution is -0.137. The Hall–Kier alpha value is -1.63. The molecule has 0 unspecified atom stereocenters. The number of hydrogen-bond donors (Lipinski definition) is 1. The molecule has 0 spiro atoms. The Bertz CT molecular complexity index is 540. The number of aromatic nitrogens is 2. The SMILES string of the molecule is FC(F)(F)c1ccc(Nc2nccnc2Br)cc1. The lowest BCUT2D eigenvalue weighted by Crippen LogP contribution is -2.04. The monoisotopic (exact) mass is 317 g/mol. The van der Waals surface area contributed by atoms with E-state index in [-0.39, 0.29) is 0 Å². The zero-order valence-corrected chi connectivity index (χ0v) is 10.5. The van der Waals surface area contributed by atoms with Gasteiger partial charge in [-0.3, -0.25) is 0 Å². The molecule has 0 amide bonds. The van der Waals surface area contributed by atoms with E-state index >= 15 is 0 Å². The first kappa shape index (κ1) is 12.8. The van der Waals surface area contributed by atoms with Crippen LogP contribution in [-0.2, 0) is 6.18 Å². The van der Waals surface area contributed by atoms with Crippen molar-refractivity contribution in [3.8, 4) is 0 Å². The van der Waals surface area contributed by atoms with Gasteiger partial charge in [-0.1, -0.05) is 0 Å². The highest BCUT2D eigenvalue weighted by atomic mass is 79.9. The second-order valence-electron chi connectivity index (χ2n) is 3.40. The van der Waals surface area contributed by atoms with Crippen LogP contribution in [0.4, 0.5) is 24.7 Å². The van der Waals surface area contributed by atoms with E-state index in [4.69, 9.17) is 0 Å². The Morgan fingerprint density at radius 3 is 2.17 bits per heavy atom. The van der Waals surface area contributed by atoms with E-state index in [1.54, 1.807) is 0 Å². The van der Waals surface area contributed by atoms with Gasteiger partial charge in [-0.25, -0.2) is 9.97 Å². The highest BCUT2D eigenvalue weighted by Crippen LogP contribution is 2.30. The summed E-state index contributed by atoms with van der Waals surface area (Å²) in [7, 11) is 0. The van der Waals surface area contributed by atoms with Crippen LogP contribution in [0, 0.1) is 0 Å². The number of hydrogen-bond acceptors (Lipinski definition) is 3. The van der Waals surface area contributed by atoms with Crippen molar-refractivity contribution in [3.05, 3.63) is 46.8 Å². The van der Waals surface area contributed by atoms with Crippen molar-refractivity contribution in [2.45, 2.75) is 6.18 Å². The molecule has 0 aliphatic carbocycles. The molecule has 0 atom stereocenters. The first-order valence-corrected chi connectivity index (χ1v) is 5.67. The summed E-state index contributed by atoms with van der Waals surface area (Å²) in [4.78, 5) is 7.95. The fraction of sp³-hybridized carbons (Fsp3) is 0.0909. The van der Waals surface area contributed by atoms with Gasteiger partial charge in [-0.15, -0.1) is 0 Å². The topological polar surface area (TPSA) is 37.8 Å².